The van der Waals surface area contributed by atoms with E-state index in [9.17, 15) is 9.59 Å². The summed E-state index contributed by atoms with van der Waals surface area (Å²) in [7, 11) is 1.32. The molecule has 1 aliphatic rings. The summed E-state index contributed by atoms with van der Waals surface area (Å²) in [6.45, 7) is -0.0146. The van der Waals surface area contributed by atoms with Crippen molar-refractivity contribution in [2.45, 2.75) is 30.8 Å². The van der Waals surface area contributed by atoms with E-state index in [1.54, 1.807) is 0 Å². The predicted molar refractivity (Wildman–Crippen MR) is 73.4 cm³/mol. The van der Waals surface area contributed by atoms with Gasteiger partial charge in [0.25, 0.3) is 0 Å². The fraction of sp³-hybridized carbons (Fsp3) is 0.467. The average molecular weight is 277 g/mol. The smallest absolute Gasteiger partial charge is 0.334 e. The molecule has 0 aromatic heterocycles. The normalized spacial score (nSPS) is 17.9. The first-order chi connectivity index (χ1) is 9.60. The maximum Gasteiger partial charge on any atom is 0.334 e. The van der Waals surface area contributed by atoms with Gasteiger partial charge in [0.1, 0.15) is 0 Å². The van der Waals surface area contributed by atoms with Crippen LogP contribution in [0, 0.1) is 0 Å². The molecular weight excluding hydrogens is 258 g/mol. The molecule has 2 rings (SSSR count). The number of rotatable bonds is 6. The number of ether oxygens (including phenoxy) is 1. The zero-order valence-corrected chi connectivity index (χ0v) is 11.5. The lowest BCUT2D eigenvalue weighted by Crippen LogP contribution is -2.51. The monoisotopic (exact) mass is 277 g/mol. The molecule has 1 atom stereocenters. The zero-order valence-electron chi connectivity index (χ0n) is 11.5. The highest BCUT2D eigenvalue weighted by Gasteiger charge is 2.45. The van der Waals surface area contributed by atoms with Crippen LogP contribution in [0.25, 0.3) is 0 Å². The van der Waals surface area contributed by atoms with E-state index in [-0.39, 0.29) is 12.5 Å². The molecule has 2 N–H and O–H groups in total. The Balaban J connectivity index is 2.05. The number of carboxylic acids is 1. The van der Waals surface area contributed by atoms with Crippen LogP contribution < -0.4 is 5.32 Å². The van der Waals surface area contributed by atoms with E-state index in [1.165, 1.54) is 7.11 Å². The second kappa shape index (κ2) is 6.05. The summed E-state index contributed by atoms with van der Waals surface area (Å²) >= 11 is 0. The third-order valence-electron chi connectivity index (χ3n) is 3.98. The third-order valence-corrected chi connectivity index (χ3v) is 3.98. The number of methoxy groups -OCH3 is 1. The molecule has 1 fully saturated rings. The van der Waals surface area contributed by atoms with E-state index >= 15 is 0 Å². The first kappa shape index (κ1) is 14.5. The number of aliphatic carboxylic acids is 1. The lowest BCUT2D eigenvalue weighted by atomic mass is 9.64. The summed E-state index contributed by atoms with van der Waals surface area (Å²) in [6, 6.07) is 9.64. The van der Waals surface area contributed by atoms with Gasteiger partial charge in [-0.1, -0.05) is 36.8 Å². The molecule has 0 saturated heterocycles. The van der Waals surface area contributed by atoms with Crippen LogP contribution in [0.1, 0.15) is 24.8 Å². The predicted octanol–water partition coefficient (Wildman–Crippen LogP) is 1.32. The molecule has 1 saturated carbocycles. The van der Waals surface area contributed by atoms with Crippen molar-refractivity contribution in [2.24, 2.45) is 0 Å². The highest BCUT2D eigenvalue weighted by Crippen LogP contribution is 2.43. The Labute approximate surface area is 117 Å². The Bertz CT molecular complexity index is 482. The van der Waals surface area contributed by atoms with Crippen LogP contribution in [0.5, 0.6) is 0 Å². The van der Waals surface area contributed by atoms with Gasteiger partial charge in [0.05, 0.1) is 12.0 Å². The highest BCUT2D eigenvalue weighted by molar-refractivity contribution is 5.89. The lowest BCUT2D eigenvalue weighted by Gasteiger charge is -2.40. The van der Waals surface area contributed by atoms with Gasteiger partial charge >= 0.3 is 5.97 Å². The summed E-state index contributed by atoms with van der Waals surface area (Å²) in [4.78, 5) is 23.3. The quantitative estimate of drug-likeness (QED) is 0.822. The van der Waals surface area contributed by atoms with Gasteiger partial charge in [0.15, 0.2) is 6.10 Å². The number of amides is 1. The molecule has 0 aliphatic heterocycles. The maximum atomic E-state index is 12.4. The van der Waals surface area contributed by atoms with E-state index in [1.807, 2.05) is 30.3 Å². The van der Waals surface area contributed by atoms with Gasteiger partial charge in [0.2, 0.25) is 5.91 Å². The number of carbonyl (C=O) groups excluding carboxylic acids is 1. The Morgan fingerprint density at radius 2 is 2.00 bits per heavy atom. The molecular formula is C15H19NO4. The molecule has 20 heavy (non-hydrogen) atoms. The van der Waals surface area contributed by atoms with Crippen LogP contribution in [0.3, 0.4) is 0 Å². The fourth-order valence-corrected chi connectivity index (χ4v) is 2.56. The largest absolute Gasteiger partial charge is 0.479 e. The summed E-state index contributed by atoms with van der Waals surface area (Å²) in [5, 5.41) is 11.6. The molecule has 5 nitrogen and oxygen atoms in total. The van der Waals surface area contributed by atoms with Gasteiger partial charge in [-0.05, 0) is 18.4 Å². The number of carboxylic acid groups (broad SMARTS) is 1. The van der Waals surface area contributed by atoms with Gasteiger partial charge in [-0.25, -0.2) is 4.79 Å². The fourth-order valence-electron chi connectivity index (χ4n) is 2.56. The summed E-state index contributed by atoms with van der Waals surface area (Å²) in [5.41, 5.74) is 0.492. The molecule has 1 unspecified atom stereocenters. The third kappa shape index (κ3) is 2.67. The number of hydrogen-bond acceptors (Lipinski definition) is 3. The van der Waals surface area contributed by atoms with Crippen LogP contribution in [-0.4, -0.2) is 36.7 Å². The Morgan fingerprint density at radius 1 is 1.35 bits per heavy atom. The number of hydrogen-bond donors (Lipinski definition) is 2. The zero-order chi connectivity index (χ0) is 14.6. The molecule has 0 spiro atoms. The van der Waals surface area contributed by atoms with Crippen LogP contribution in [-0.2, 0) is 19.7 Å². The van der Waals surface area contributed by atoms with Gasteiger partial charge in [-0.3, -0.25) is 4.79 Å². The lowest BCUT2D eigenvalue weighted by molar-refractivity contribution is -0.148. The number of nitrogens with one attached hydrogen (secondary N) is 1. The second-order valence-electron chi connectivity index (χ2n) is 5.07. The van der Waals surface area contributed by atoms with Crippen LogP contribution in [0.2, 0.25) is 0 Å². The minimum absolute atomic E-state index is 0.0146. The standard InChI is InChI=1S/C15H19NO4/c1-20-12(13(17)18)10-16-14(19)15(8-5-9-15)11-6-3-2-4-7-11/h2-4,6-7,12H,5,8-10H2,1H3,(H,16,19)(H,17,18). The SMILES string of the molecule is COC(CNC(=O)C1(c2ccccc2)CCC1)C(=O)O. The Hall–Kier alpha value is -1.88. The molecule has 1 aromatic rings. The average Bonchev–Trinajstić information content (AvgIpc) is 2.39. The highest BCUT2D eigenvalue weighted by atomic mass is 16.5. The molecule has 0 bridgehead atoms. The van der Waals surface area contributed by atoms with Crippen molar-refractivity contribution >= 4 is 11.9 Å². The molecule has 1 aliphatic carbocycles. The van der Waals surface area contributed by atoms with Crippen molar-refractivity contribution in [3.8, 4) is 0 Å². The minimum atomic E-state index is -1.07. The van der Waals surface area contributed by atoms with E-state index < -0.39 is 17.5 Å². The van der Waals surface area contributed by atoms with E-state index in [0.717, 1.165) is 24.8 Å². The van der Waals surface area contributed by atoms with Crippen molar-refractivity contribution in [1.29, 1.82) is 0 Å². The first-order valence-electron chi connectivity index (χ1n) is 6.69. The van der Waals surface area contributed by atoms with Gasteiger partial charge < -0.3 is 15.2 Å². The molecule has 1 amide bonds. The molecule has 0 radical (unpaired) electrons. The topological polar surface area (TPSA) is 75.6 Å². The van der Waals surface area contributed by atoms with Crippen LogP contribution in [0.4, 0.5) is 0 Å². The van der Waals surface area contributed by atoms with Crippen molar-refractivity contribution < 1.29 is 19.4 Å². The maximum absolute atomic E-state index is 12.4. The molecule has 5 heteroatoms. The van der Waals surface area contributed by atoms with Crippen LogP contribution >= 0.6 is 0 Å². The molecule has 108 valence electrons. The summed E-state index contributed by atoms with van der Waals surface area (Å²) in [5.74, 6) is -1.19. The summed E-state index contributed by atoms with van der Waals surface area (Å²) < 4.78 is 4.82. The minimum Gasteiger partial charge on any atom is -0.479 e. The van der Waals surface area contributed by atoms with Gasteiger partial charge in [-0.2, -0.15) is 0 Å². The van der Waals surface area contributed by atoms with Crippen molar-refractivity contribution in [3.63, 3.8) is 0 Å². The van der Waals surface area contributed by atoms with Gasteiger partial charge in [0, 0.05) is 7.11 Å². The Morgan fingerprint density at radius 3 is 2.45 bits per heavy atom. The van der Waals surface area contributed by atoms with Gasteiger partial charge in [-0.15, -0.1) is 0 Å². The van der Waals surface area contributed by atoms with E-state index in [0.29, 0.717) is 0 Å². The molecule has 1 aromatic carbocycles. The summed E-state index contributed by atoms with van der Waals surface area (Å²) in [6.07, 6.45) is 1.60. The number of benzene rings is 1. The van der Waals surface area contributed by atoms with E-state index in [4.69, 9.17) is 9.84 Å². The Kier molecular flexibility index (Phi) is 4.39. The second-order valence-corrected chi connectivity index (χ2v) is 5.07. The van der Waals surface area contributed by atoms with Crippen molar-refractivity contribution in [3.05, 3.63) is 35.9 Å². The van der Waals surface area contributed by atoms with Crippen molar-refractivity contribution in [1.82, 2.24) is 5.32 Å². The van der Waals surface area contributed by atoms with Crippen molar-refractivity contribution in [2.75, 3.05) is 13.7 Å². The number of carbonyl (C=O) groups is 2. The van der Waals surface area contributed by atoms with E-state index in [2.05, 4.69) is 5.32 Å². The van der Waals surface area contributed by atoms with Crippen LogP contribution in [0.15, 0.2) is 30.3 Å². The molecule has 0 heterocycles. The first-order valence-corrected chi connectivity index (χ1v) is 6.69.